The molecule has 0 amide bonds. The number of hydrogen-bond donors (Lipinski definition) is 1. The molecule has 2 rings (SSSR count). The van der Waals surface area contributed by atoms with E-state index in [0.29, 0.717) is 11.3 Å². The molecule has 0 fully saturated rings. The van der Waals surface area contributed by atoms with Crippen molar-refractivity contribution in [2.75, 3.05) is 11.5 Å². The van der Waals surface area contributed by atoms with Crippen LogP contribution < -0.4 is 0 Å². The monoisotopic (exact) mass is 284 g/mol. The van der Waals surface area contributed by atoms with Crippen LogP contribution in [-0.4, -0.2) is 31.0 Å². The molecule has 0 saturated carbocycles. The van der Waals surface area contributed by atoms with Crippen LogP contribution in [-0.2, 0) is 9.84 Å². The molecule has 1 aromatic rings. The standard InChI is InChI=1S/C12H12O4S2/c1-2-17-6-9-7-18(15,16)11-5-8(12(13)14)3-4-10(9)11/h3-5,7H,2,6H2,1H3,(H,13,14). The van der Waals surface area contributed by atoms with Crippen molar-refractivity contribution in [1.29, 1.82) is 0 Å². The van der Waals surface area contributed by atoms with Crippen molar-refractivity contribution in [3.05, 3.63) is 34.7 Å². The van der Waals surface area contributed by atoms with Crippen molar-refractivity contribution in [1.82, 2.24) is 0 Å². The Morgan fingerprint density at radius 1 is 1.39 bits per heavy atom. The molecule has 1 N–H and O–H groups in total. The van der Waals surface area contributed by atoms with Crippen molar-refractivity contribution in [3.8, 4) is 0 Å². The van der Waals surface area contributed by atoms with Crippen LogP contribution >= 0.6 is 11.8 Å². The van der Waals surface area contributed by atoms with Gasteiger partial charge in [-0.1, -0.05) is 13.0 Å². The summed E-state index contributed by atoms with van der Waals surface area (Å²) in [7, 11) is -3.48. The summed E-state index contributed by atoms with van der Waals surface area (Å²) in [6, 6.07) is 4.24. The van der Waals surface area contributed by atoms with Gasteiger partial charge >= 0.3 is 5.97 Å². The number of benzene rings is 1. The predicted molar refractivity (Wildman–Crippen MR) is 71.6 cm³/mol. The molecule has 0 bridgehead atoms. The molecule has 1 aliphatic heterocycles. The highest BCUT2D eigenvalue weighted by atomic mass is 32.2. The summed E-state index contributed by atoms with van der Waals surface area (Å²) >= 11 is 1.63. The molecule has 0 spiro atoms. The first-order valence-electron chi connectivity index (χ1n) is 5.37. The number of aromatic carboxylic acids is 1. The molecule has 0 radical (unpaired) electrons. The molecule has 0 atom stereocenters. The van der Waals surface area contributed by atoms with Gasteiger partial charge in [-0.15, -0.1) is 0 Å². The van der Waals surface area contributed by atoms with Crippen LogP contribution in [0.25, 0.3) is 5.57 Å². The SMILES string of the molecule is CCSCC1=CS(=O)(=O)c2cc(C(=O)O)ccc21. The van der Waals surface area contributed by atoms with Crippen molar-refractivity contribution in [3.63, 3.8) is 0 Å². The Kier molecular flexibility index (Phi) is 3.49. The van der Waals surface area contributed by atoms with Gasteiger partial charge in [0.2, 0.25) is 9.84 Å². The van der Waals surface area contributed by atoms with Gasteiger partial charge in [0.15, 0.2) is 0 Å². The summed E-state index contributed by atoms with van der Waals surface area (Å²) in [6.45, 7) is 2.00. The van der Waals surface area contributed by atoms with Gasteiger partial charge in [0.05, 0.1) is 10.5 Å². The molecule has 1 heterocycles. The van der Waals surface area contributed by atoms with E-state index in [2.05, 4.69) is 0 Å². The van der Waals surface area contributed by atoms with Crippen LogP contribution in [0.1, 0.15) is 22.8 Å². The van der Waals surface area contributed by atoms with Crippen LogP contribution in [0.3, 0.4) is 0 Å². The van der Waals surface area contributed by atoms with Gasteiger partial charge in [0, 0.05) is 11.2 Å². The van der Waals surface area contributed by atoms with E-state index in [-0.39, 0.29) is 10.5 Å². The minimum atomic E-state index is -3.48. The molecule has 0 unspecified atom stereocenters. The van der Waals surface area contributed by atoms with E-state index < -0.39 is 15.8 Å². The number of rotatable bonds is 4. The highest BCUT2D eigenvalue weighted by Gasteiger charge is 2.27. The molecule has 0 aromatic heterocycles. The molecule has 4 nitrogen and oxygen atoms in total. The molecular weight excluding hydrogens is 272 g/mol. The fourth-order valence-corrected chi connectivity index (χ4v) is 4.07. The zero-order valence-corrected chi connectivity index (χ0v) is 11.3. The first-order chi connectivity index (χ1) is 8.45. The van der Waals surface area contributed by atoms with E-state index in [1.54, 1.807) is 17.8 Å². The van der Waals surface area contributed by atoms with Gasteiger partial charge in [0.25, 0.3) is 0 Å². The summed E-state index contributed by atoms with van der Waals surface area (Å²) < 4.78 is 23.8. The van der Waals surface area contributed by atoms with Crippen molar-refractivity contribution in [2.45, 2.75) is 11.8 Å². The van der Waals surface area contributed by atoms with E-state index in [4.69, 9.17) is 5.11 Å². The Morgan fingerprint density at radius 2 is 2.11 bits per heavy atom. The van der Waals surface area contributed by atoms with Crippen molar-refractivity contribution < 1.29 is 18.3 Å². The van der Waals surface area contributed by atoms with E-state index in [9.17, 15) is 13.2 Å². The van der Waals surface area contributed by atoms with E-state index in [1.807, 2.05) is 6.92 Å². The maximum atomic E-state index is 11.9. The lowest BCUT2D eigenvalue weighted by atomic mass is 10.1. The van der Waals surface area contributed by atoms with Gasteiger partial charge in [-0.3, -0.25) is 0 Å². The number of hydrogen-bond acceptors (Lipinski definition) is 4. The van der Waals surface area contributed by atoms with E-state index in [0.717, 1.165) is 11.3 Å². The Bertz CT molecular complexity index is 629. The minimum Gasteiger partial charge on any atom is -0.478 e. The second-order valence-corrected chi connectivity index (χ2v) is 6.88. The lowest BCUT2D eigenvalue weighted by Crippen LogP contribution is -2.00. The largest absolute Gasteiger partial charge is 0.478 e. The molecule has 0 aliphatic carbocycles. The highest BCUT2D eigenvalue weighted by Crippen LogP contribution is 2.35. The van der Waals surface area contributed by atoms with Crippen LogP contribution in [0.2, 0.25) is 0 Å². The lowest BCUT2D eigenvalue weighted by molar-refractivity contribution is 0.0696. The van der Waals surface area contributed by atoms with Gasteiger partial charge in [-0.25, -0.2) is 13.2 Å². The summed E-state index contributed by atoms with van der Waals surface area (Å²) in [4.78, 5) is 11.0. The molecule has 0 saturated heterocycles. The second-order valence-electron chi connectivity index (χ2n) is 3.84. The lowest BCUT2D eigenvalue weighted by Gasteiger charge is -2.04. The van der Waals surface area contributed by atoms with Crippen LogP contribution in [0.15, 0.2) is 28.5 Å². The maximum Gasteiger partial charge on any atom is 0.335 e. The summed E-state index contributed by atoms with van der Waals surface area (Å²) in [5, 5.41) is 10.1. The zero-order chi connectivity index (χ0) is 13.3. The van der Waals surface area contributed by atoms with Gasteiger partial charge < -0.3 is 5.11 Å². The van der Waals surface area contributed by atoms with Gasteiger partial charge in [-0.2, -0.15) is 11.8 Å². The van der Waals surface area contributed by atoms with Gasteiger partial charge in [0.1, 0.15) is 0 Å². The quantitative estimate of drug-likeness (QED) is 0.918. The minimum absolute atomic E-state index is 0.00452. The molecular formula is C12H12O4S2. The summed E-state index contributed by atoms with van der Waals surface area (Å²) in [6.07, 6.45) is 0. The number of carboxylic acids is 1. The normalized spacial score (nSPS) is 16.2. The Morgan fingerprint density at radius 3 is 2.72 bits per heavy atom. The maximum absolute atomic E-state index is 11.9. The molecule has 6 heteroatoms. The first-order valence-corrected chi connectivity index (χ1v) is 8.07. The average molecular weight is 284 g/mol. The molecule has 1 aliphatic rings. The average Bonchev–Trinajstić information content (AvgIpc) is 2.58. The topological polar surface area (TPSA) is 71.4 Å². The smallest absolute Gasteiger partial charge is 0.335 e. The Hall–Kier alpha value is -1.27. The van der Waals surface area contributed by atoms with Crippen LogP contribution in [0.4, 0.5) is 0 Å². The van der Waals surface area contributed by atoms with Crippen LogP contribution in [0.5, 0.6) is 0 Å². The third-order valence-electron chi connectivity index (χ3n) is 2.64. The second kappa shape index (κ2) is 4.78. The fourth-order valence-electron chi connectivity index (χ4n) is 1.79. The van der Waals surface area contributed by atoms with Crippen molar-refractivity contribution in [2.24, 2.45) is 0 Å². The number of sulfone groups is 1. The zero-order valence-electron chi connectivity index (χ0n) is 9.71. The predicted octanol–water partition coefficient (Wildman–Crippen LogP) is 2.27. The number of carbonyl (C=O) groups is 1. The molecule has 1 aromatic carbocycles. The Balaban J connectivity index is 2.49. The molecule has 18 heavy (non-hydrogen) atoms. The molecule has 96 valence electrons. The van der Waals surface area contributed by atoms with Crippen LogP contribution in [0, 0.1) is 0 Å². The summed E-state index contributed by atoms with van der Waals surface area (Å²) in [5.41, 5.74) is 1.37. The number of carboxylic acid groups (broad SMARTS) is 1. The summed E-state index contributed by atoms with van der Waals surface area (Å²) in [5.74, 6) is 0.402. The number of fused-ring (bicyclic) bond motifs is 1. The third-order valence-corrected chi connectivity index (χ3v) is 5.11. The highest BCUT2D eigenvalue weighted by molar-refractivity contribution is 8.00. The van der Waals surface area contributed by atoms with E-state index >= 15 is 0 Å². The first kappa shape index (κ1) is 13.2. The third kappa shape index (κ3) is 2.30. The van der Waals surface area contributed by atoms with Gasteiger partial charge in [-0.05, 0) is 29.0 Å². The Labute approximate surface area is 110 Å². The van der Waals surface area contributed by atoms with E-state index in [1.165, 1.54) is 17.5 Å². The number of thioether (sulfide) groups is 1. The van der Waals surface area contributed by atoms with Crippen molar-refractivity contribution >= 4 is 33.1 Å². The fraction of sp³-hybridized carbons (Fsp3) is 0.250.